The summed E-state index contributed by atoms with van der Waals surface area (Å²) in [5, 5.41) is 101. The van der Waals surface area contributed by atoms with Crippen LogP contribution in [0, 0.1) is 78.8 Å². The highest BCUT2D eigenvalue weighted by atomic mass is 35.5. The molecule has 0 atom stereocenters. The average molecular weight is 1500 g/mol. The molecule has 0 aliphatic heterocycles. The summed E-state index contributed by atoms with van der Waals surface area (Å²) in [6, 6.07) is 48.9. The zero-order valence-corrected chi connectivity index (χ0v) is 61.2. The summed E-state index contributed by atoms with van der Waals surface area (Å²) in [4.78, 5) is 19.3. The zero-order chi connectivity index (χ0) is 78.4. The van der Waals surface area contributed by atoms with Gasteiger partial charge in [-0.25, -0.2) is 19.9 Å². The van der Waals surface area contributed by atoms with Gasteiger partial charge < -0.3 is 60.3 Å². The number of unbranched alkanes of at least 4 members (excludes halogenated alkanes) is 10. The number of aliphatic hydroxyl groups is 3. The first-order valence-electron chi connectivity index (χ1n) is 33.8. The van der Waals surface area contributed by atoms with Crippen LogP contribution in [-0.4, -0.2) is 138 Å². The number of amidine groups is 2. The van der Waals surface area contributed by atoms with Gasteiger partial charge in [-0.05, 0) is 181 Å². The number of halogens is 1. The van der Waals surface area contributed by atoms with E-state index < -0.39 is 10.1 Å². The van der Waals surface area contributed by atoms with E-state index in [-0.39, 0.29) is 43.8 Å². The zero-order valence-electron chi connectivity index (χ0n) is 59.6. The first kappa shape index (κ1) is 91.1. The Hall–Kier alpha value is -12.0. The fourth-order valence-electron chi connectivity index (χ4n) is 8.07. The molecule has 0 radical (unpaired) electrons. The molecular weight excluding hydrogens is 1410 g/mol. The van der Waals surface area contributed by atoms with Gasteiger partial charge in [0, 0.05) is 85.7 Å². The molecule has 3 aromatic carbocycles. The van der Waals surface area contributed by atoms with Crippen LogP contribution >= 0.6 is 11.6 Å². The summed E-state index contributed by atoms with van der Waals surface area (Å²) in [5.74, 6) is 4.15. The number of hydrogen-bond donors (Lipinski definition) is 8. The van der Waals surface area contributed by atoms with Gasteiger partial charge in [-0.15, -0.1) is 0 Å². The third-order valence-corrected chi connectivity index (χ3v) is 14.2. The van der Waals surface area contributed by atoms with Crippen molar-refractivity contribution >= 4 is 33.4 Å². The summed E-state index contributed by atoms with van der Waals surface area (Å²) in [7, 11) is -3.34. The molecule has 107 heavy (non-hydrogen) atoms. The molecule has 0 saturated carbocycles. The average Bonchev–Trinajstić information content (AvgIpc) is 0.889. The number of nitrogens with two attached hydrogens (primary N) is 2. The van der Waals surface area contributed by atoms with Crippen molar-refractivity contribution in [3.63, 3.8) is 0 Å². The molecule has 0 spiro atoms. The van der Waals surface area contributed by atoms with Crippen LogP contribution in [0.3, 0.4) is 0 Å². The quantitative estimate of drug-likeness (QED) is 0.00782. The van der Waals surface area contributed by atoms with E-state index in [1.54, 1.807) is 110 Å². The number of hydrogen-bond acceptors (Lipinski definition) is 26. The number of ether oxygens (including phenoxy) is 6. The molecule has 28 nitrogen and oxygen atoms in total. The smallest absolute Gasteiger partial charge is 0.264 e. The summed E-state index contributed by atoms with van der Waals surface area (Å²) in [5.41, 5.74) is 14.4. The van der Waals surface area contributed by atoms with E-state index in [1.165, 1.54) is 30.6 Å². The Morgan fingerprint density at radius 1 is 0.402 bits per heavy atom. The van der Waals surface area contributed by atoms with Gasteiger partial charge in [-0.1, -0.05) is 35.9 Å². The highest BCUT2D eigenvalue weighted by molar-refractivity contribution is 7.86. The van der Waals surface area contributed by atoms with Crippen molar-refractivity contribution in [2.75, 3.05) is 72.3 Å². The minimum Gasteiger partial charge on any atom is -0.508 e. The van der Waals surface area contributed by atoms with Gasteiger partial charge >= 0.3 is 0 Å². The van der Waals surface area contributed by atoms with Crippen LogP contribution in [0.2, 0.25) is 5.02 Å². The Balaban J connectivity index is 0.000000441. The van der Waals surface area contributed by atoms with Gasteiger partial charge in [-0.2, -0.15) is 40.0 Å². The summed E-state index contributed by atoms with van der Waals surface area (Å²) >= 11 is 5.53. The predicted molar refractivity (Wildman–Crippen MR) is 402 cm³/mol. The summed E-state index contributed by atoms with van der Waals surface area (Å²) in [6.45, 7) is 4.44. The van der Waals surface area contributed by atoms with E-state index in [2.05, 4.69) is 35.2 Å². The molecule has 10 N–H and O–H groups in total. The van der Waals surface area contributed by atoms with Gasteiger partial charge in [0.1, 0.15) is 105 Å². The van der Waals surface area contributed by atoms with Crippen molar-refractivity contribution in [1.82, 2.24) is 24.9 Å². The third kappa shape index (κ3) is 47.1. The minimum absolute atomic E-state index is 0.0339. The molecule has 0 amide bonds. The molecule has 564 valence electrons. The van der Waals surface area contributed by atoms with E-state index in [4.69, 9.17) is 114 Å². The molecule has 0 aliphatic rings. The van der Waals surface area contributed by atoms with Crippen LogP contribution < -0.4 is 39.9 Å². The molecule has 0 unspecified atom stereocenters. The van der Waals surface area contributed by atoms with Gasteiger partial charge in [0.05, 0.1) is 75.8 Å². The fourth-order valence-corrected chi connectivity index (χ4v) is 8.65. The van der Waals surface area contributed by atoms with E-state index in [9.17, 15) is 8.42 Å². The number of nitrogens with one attached hydrogen (secondary N) is 2. The van der Waals surface area contributed by atoms with Crippen molar-refractivity contribution in [3.05, 3.63) is 215 Å². The number of nitrogen functional groups attached to an aromatic ring is 2. The number of nitrogens with zero attached hydrogens (tertiary/aromatic N) is 11. The molecule has 8 rings (SSSR count). The van der Waals surface area contributed by atoms with Gasteiger partial charge in [0.15, 0.2) is 0 Å². The maximum absolute atomic E-state index is 10.7. The van der Waals surface area contributed by atoms with Crippen LogP contribution in [0.4, 0.5) is 0 Å². The molecule has 0 aliphatic carbocycles. The first-order chi connectivity index (χ1) is 51.8. The minimum atomic E-state index is -3.34. The highest BCUT2D eigenvalue weighted by Crippen LogP contribution is 2.19. The highest BCUT2D eigenvalue weighted by Gasteiger charge is 2.06. The fraction of sp³-hybridized carbons (Fsp3) is 0.338. The molecule has 0 bridgehead atoms. The maximum atomic E-state index is 10.7. The Morgan fingerprint density at radius 2 is 0.738 bits per heavy atom. The largest absolute Gasteiger partial charge is 0.508 e. The number of nitriles is 6. The van der Waals surface area contributed by atoms with E-state index >= 15 is 0 Å². The summed E-state index contributed by atoms with van der Waals surface area (Å²) < 4.78 is 59.3. The van der Waals surface area contributed by atoms with Crippen molar-refractivity contribution in [2.24, 2.45) is 11.5 Å². The lowest BCUT2D eigenvalue weighted by atomic mass is 10.2. The van der Waals surface area contributed by atoms with Crippen LogP contribution in [0.1, 0.15) is 141 Å². The third-order valence-electron chi connectivity index (χ3n) is 13.4. The second-order valence-corrected chi connectivity index (χ2v) is 24.1. The van der Waals surface area contributed by atoms with Gasteiger partial charge in [0.2, 0.25) is 0 Å². The number of aromatic nitrogens is 5. The van der Waals surface area contributed by atoms with Crippen LogP contribution in [0.25, 0.3) is 0 Å². The number of rotatable bonds is 36. The second-order valence-electron chi connectivity index (χ2n) is 22.1. The van der Waals surface area contributed by atoms with E-state index in [1.807, 2.05) is 54.6 Å². The number of benzene rings is 3. The normalized spacial score (nSPS) is 9.79. The number of phenolic OH excluding ortho intramolecular Hbond substituents is 1. The molecule has 30 heteroatoms. The van der Waals surface area contributed by atoms with E-state index in [0.717, 1.165) is 108 Å². The standard InChI is InChI=1S/C18H23N5O2.C18H17N3O2.C12H16N2O4S.C11H14N2O2.C7H5NO.C6H3ClN2.C5H12O2/c19-17(20)13-5-4-6-14(11-13)24-9-2-1-3-10-25-15-7-8-23-16(12-15)18(21)22;19-13-15-5-4-6-17(11-15)22-9-2-1-3-10-23-18-7-8-21-16(12-18)14-20;1-19(15,16)18-8-4-2-3-7-17-12-5-6-14-11(9-12)10-13;12-9-10-8-11(4-5-13-10)15-7-3-1-2-6-14;8-5-6-2-1-3-7(9)4-6;7-5-1-2-9-6(3-5)4-8;6-4-2-1-3-5-7/h4-8,11-12H,1-3,9-10H2,(H3,19,20)(H3,21,22);4-8,11-12H,1-3,9-10H2;5-6,9H,2-4,7-8H2,1H3;4-5,8,14H,1-3,6-7H2;1-4,9H;1-3H;6-7H,1-5H2. The van der Waals surface area contributed by atoms with Crippen molar-refractivity contribution in [3.8, 4) is 76.7 Å². The van der Waals surface area contributed by atoms with Gasteiger partial charge in [0.25, 0.3) is 10.1 Å². The lowest BCUT2D eigenvalue weighted by molar-refractivity contribution is 0.256. The first-order valence-corrected chi connectivity index (χ1v) is 36.0. The second kappa shape index (κ2) is 58.4. The molecule has 0 fully saturated rings. The van der Waals surface area contributed by atoms with Crippen LogP contribution in [0.5, 0.6) is 40.2 Å². The SMILES string of the molecule is CS(=O)(=O)OCCCCCOc1ccnc(C#N)c1.N#Cc1cc(Cl)ccn1.N#Cc1cc(OCCCCCO)ccn1.N#Cc1cccc(O)c1.N#Cc1cccc(OCCCCCOc2ccnc(C#N)c2)c1.N=C(N)c1cccc(OCCCCCOc2ccnc(C(=N)N)c2)c1.OCCCCCO. The number of pyridine rings is 5. The predicted octanol–water partition coefficient (Wildman–Crippen LogP) is 11.7. The lowest BCUT2D eigenvalue weighted by Crippen LogP contribution is -2.13. The molecule has 5 heterocycles. The van der Waals surface area contributed by atoms with Crippen molar-refractivity contribution in [1.29, 1.82) is 42.4 Å². The monoisotopic (exact) mass is 1500 g/mol. The maximum Gasteiger partial charge on any atom is 0.264 e. The van der Waals surface area contributed by atoms with Crippen molar-refractivity contribution < 1.29 is 61.4 Å². The Morgan fingerprint density at radius 3 is 1.09 bits per heavy atom. The lowest BCUT2D eigenvalue weighted by Gasteiger charge is -2.09. The molecule has 5 aromatic heterocycles. The number of phenols is 1. The van der Waals surface area contributed by atoms with Crippen molar-refractivity contribution in [2.45, 2.75) is 96.3 Å². The summed E-state index contributed by atoms with van der Waals surface area (Å²) in [6.07, 6.45) is 21.8. The number of aliphatic hydroxyl groups excluding tert-OH is 3. The van der Waals surface area contributed by atoms with Crippen LogP contribution in [0.15, 0.2) is 164 Å². The Kier molecular flexibility index (Phi) is 49.7. The molecular formula is C77H90ClN15O13S. The Labute approximate surface area is 630 Å². The number of aromatic hydroxyl groups is 1. The van der Waals surface area contributed by atoms with E-state index in [0.29, 0.717) is 119 Å². The Bertz CT molecular complexity index is 4070. The molecule has 8 aromatic rings. The molecule has 0 saturated heterocycles. The van der Waals surface area contributed by atoms with Crippen LogP contribution in [-0.2, 0) is 14.3 Å². The topological polar surface area (TPSA) is 487 Å². The van der Waals surface area contributed by atoms with Gasteiger partial charge in [-0.3, -0.25) is 20.0 Å².